The molecule has 0 aromatic heterocycles. The van der Waals surface area contributed by atoms with Crippen LogP contribution in [0, 0.1) is 23.7 Å². The van der Waals surface area contributed by atoms with Crippen LogP contribution in [0.4, 0.5) is 0 Å². The summed E-state index contributed by atoms with van der Waals surface area (Å²) in [7, 11) is 0. The van der Waals surface area contributed by atoms with Crippen molar-refractivity contribution < 1.29 is 0 Å². The Hall–Kier alpha value is -0.260. The fourth-order valence-corrected chi connectivity index (χ4v) is 3.50. The van der Waals surface area contributed by atoms with Crippen LogP contribution in [0.2, 0.25) is 0 Å². The third-order valence-electron chi connectivity index (χ3n) is 3.92. The fraction of sp³-hybridized carbons (Fsp3) is 0.800. The number of hydrogen-bond donors (Lipinski definition) is 0. The van der Waals surface area contributed by atoms with E-state index in [2.05, 4.69) is 12.2 Å². The Morgan fingerprint density at radius 3 is 2.90 bits per heavy atom. The van der Waals surface area contributed by atoms with E-state index >= 15 is 0 Å². The first-order valence-corrected chi connectivity index (χ1v) is 4.62. The average molecular weight is 134 g/mol. The second kappa shape index (κ2) is 1.66. The van der Waals surface area contributed by atoms with E-state index in [1.165, 1.54) is 12.8 Å². The highest BCUT2D eigenvalue weighted by Gasteiger charge is 2.47. The molecule has 3 rings (SSSR count). The van der Waals surface area contributed by atoms with Crippen molar-refractivity contribution in [2.24, 2.45) is 23.7 Å². The Labute approximate surface area is 62.3 Å². The van der Waals surface area contributed by atoms with Gasteiger partial charge in [0.2, 0.25) is 0 Å². The van der Waals surface area contributed by atoms with Crippen LogP contribution >= 0.6 is 0 Å². The standard InChI is InChI=1S/C10H14/c1-2-9-7-4-5-8(6-7)10(9)3-1/h1-2,7-10H,3-6H2/t7-,8+,9?,10?/m0/s1. The minimum atomic E-state index is 1.03. The van der Waals surface area contributed by atoms with E-state index in [1.807, 2.05) is 0 Å². The molecule has 0 aromatic carbocycles. The zero-order valence-corrected chi connectivity index (χ0v) is 6.29. The second-order valence-corrected chi connectivity index (χ2v) is 4.24. The zero-order chi connectivity index (χ0) is 6.55. The second-order valence-electron chi connectivity index (χ2n) is 4.24. The van der Waals surface area contributed by atoms with Gasteiger partial charge in [0.15, 0.2) is 0 Å². The van der Waals surface area contributed by atoms with Gasteiger partial charge < -0.3 is 0 Å². The summed E-state index contributed by atoms with van der Waals surface area (Å²) in [6, 6.07) is 0. The van der Waals surface area contributed by atoms with Crippen molar-refractivity contribution in [3.05, 3.63) is 12.2 Å². The molecule has 0 N–H and O–H groups in total. The van der Waals surface area contributed by atoms with Gasteiger partial charge in [0, 0.05) is 0 Å². The van der Waals surface area contributed by atoms with Crippen molar-refractivity contribution in [2.75, 3.05) is 0 Å². The minimum Gasteiger partial charge on any atom is -0.0879 e. The molecule has 2 bridgehead atoms. The molecule has 0 saturated heterocycles. The largest absolute Gasteiger partial charge is 0.0879 e. The van der Waals surface area contributed by atoms with Gasteiger partial charge in [-0.3, -0.25) is 0 Å². The highest BCUT2D eigenvalue weighted by Crippen LogP contribution is 2.56. The van der Waals surface area contributed by atoms with Gasteiger partial charge >= 0.3 is 0 Å². The highest BCUT2D eigenvalue weighted by atomic mass is 14.5. The molecule has 0 heterocycles. The predicted octanol–water partition coefficient (Wildman–Crippen LogP) is 2.61. The minimum absolute atomic E-state index is 1.03. The van der Waals surface area contributed by atoms with Crippen molar-refractivity contribution in [3.8, 4) is 0 Å². The zero-order valence-electron chi connectivity index (χ0n) is 6.29. The van der Waals surface area contributed by atoms with Crippen LogP contribution in [0.3, 0.4) is 0 Å². The summed E-state index contributed by atoms with van der Waals surface area (Å²) in [6.07, 6.45) is 11.0. The first-order valence-electron chi connectivity index (χ1n) is 4.62. The van der Waals surface area contributed by atoms with Gasteiger partial charge in [-0.05, 0) is 49.4 Å². The van der Waals surface area contributed by atoms with Crippen molar-refractivity contribution in [1.82, 2.24) is 0 Å². The molecule has 2 unspecified atom stereocenters. The third-order valence-corrected chi connectivity index (χ3v) is 3.92. The van der Waals surface area contributed by atoms with Crippen molar-refractivity contribution in [3.63, 3.8) is 0 Å². The summed E-state index contributed by atoms with van der Waals surface area (Å²) in [6.45, 7) is 0. The average Bonchev–Trinajstić information content (AvgIpc) is 2.60. The van der Waals surface area contributed by atoms with Crippen molar-refractivity contribution in [2.45, 2.75) is 25.7 Å². The van der Waals surface area contributed by atoms with Gasteiger partial charge in [-0.15, -0.1) is 0 Å². The van der Waals surface area contributed by atoms with E-state index in [1.54, 1.807) is 12.8 Å². The van der Waals surface area contributed by atoms with E-state index in [9.17, 15) is 0 Å². The maximum atomic E-state index is 2.49. The summed E-state index contributed by atoms with van der Waals surface area (Å²) in [4.78, 5) is 0. The molecule has 3 aliphatic carbocycles. The van der Waals surface area contributed by atoms with Gasteiger partial charge in [0.25, 0.3) is 0 Å². The Kier molecular flexibility index (Phi) is 0.898. The van der Waals surface area contributed by atoms with Crippen LogP contribution in [0.5, 0.6) is 0 Å². The lowest BCUT2D eigenvalue weighted by molar-refractivity contribution is 0.285. The molecular formula is C10H14. The molecule has 54 valence electrons. The first-order chi connectivity index (χ1) is 4.95. The lowest BCUT2D eigenvalue weighted by Gasteiger charge is -2.23. The van der Waals surface area contributed by atoms with E-state index in [0.29, 0.717) is 0 Å². The summed E-state index contributed by atoms with van der Waals surface area (Å²) in [5.74, 6) is 4.36. The molecule has 10 heavy (non-hydrogen) atoms. The molecular weight excluding hydrogens is 120 g/mol. The van der Waals surface area contributed by atoms with Crippen LogP contribution in [-0.2, 0) is 0 Å². The van der Waals surface area contributed by atoms with Crippen LogP contribution in [0.25, 0.3) is 0 Å². The lowest BCUT2D eigenvalue weighted by Crippen LogP contribution is -2.16. The van der Waals surface area contributed by atoms with E-state index < -0.39 is 0 Å². The maximum absolute atomic E-state index is 2.49. The summed E-state index contributed by atoms with van der Waals surface area (Å²) in [5, 5.41) is 0. The first kappa shape index (κ1) is 5.40. The number of rotatable bonds is 0. The summed E-state index contributed by atoms with van der Waals surface area (Å²) in [5.41, 5.74) is 0. The smallest absolute Gasteiger partial charge is 0.0171 e. The molecule has 0 heteroatoms. The van der Waals surface area contributed by atoms with Crippen LogP contribution in [0.1, 0.15) is 25.7 Å². The van der Waals surface area contributed by atoms with Crippen molar-refractivity contribution >= 4 is 0 Å². The quantitative estimate of drug-likeness (QED) is 0.447. The molecule has 2 fully saturated rings. The summed E-state index contributed by atoms with van der Waals surface area (Å²) >= 11 is 0. The SMILES string of the molecule is C1=CC2C(C1)[C@@H]1CC[C@H]2C1. The Morgan fingerprint density at radius 2 is 2.00 bits per heavy atom. The maximum Gasteiger partial charge on any atom is -0.0171 e. The number of fused-ring (bicyclic) bond motifs is 5. The number of allylic oxidation sites excluding steroid dienone is 2. The molecule has 0 aliphatic heterocycles. The Bertz CT molecular complexity index is 180. The Balaban J connectivity index is 1.97. The van der Waals surface area contributed by atoms with Gasteiger partial charge in [0.1, 0.15) is 0 Å². The van der Waals surface area contributed by atoms with Crippen molar-refractivity contribution in [1.29, 1.82) is 0 Å². The van der Waals surface area contributed by atoms with Crippen LogP contribution < -0.4 is 0 Å². The van der Waals surface area contributed by atoms with E-state index in [-0.39, 0.29) is 0 Å². The van der Waals surface area contributed by atoms with Gasteiger partial charge in [0.05, 0.1) is 0 Å². The van der Waals surface area contributed by atoms with E-state index in [0.717, 1.165) is 23.7 Å². The van der Waals surface area contributed by atoms with Crippen LogP contribution in [-0.4, -0.2) is 0 Å². The molecule has 0 amide bonds. The normalized spacial score (nSPS) is 56.0. The number of hydrogen-bond acceptors (Lipinski definition) is 0. The monoisotopic (exact) mass is 134 g/mol. The van der Waals surface area contributed by atoms with Gasteiger partial charge in [-0.1, -0.05) is 12.2 Å². The fourth-order valence-electron chi connectivity index (χ4n) is 3.50. The van der Waals surface area contributed by atoms with Gasteiger partial charge in [-0.25, -0.2) is 0 Å². The third kappa shape index (κ3) is 0.492. The lowest BCUT2D eigenvalue weighted by atomic mass is 9.82. The molecule has 3 aliphatic rings. The van der Waals surface area contributed by atoms with E-state index in [4.69, 9.17) is 0 Å². The van der Waals surface area contributed by atoms with Gasteiger partial charge in [-0.2, -0.15) is 0 Å². The van der Waals surface area contributed by atoms with Crippen LogP contribution in [0.15, 0.2) is 12.2 Å². The molecule has 4 atom stereocenters. The Morgan fingerprint density at radius 1 is 1.10 bits per heavy atom. The topological polar surface area (TPSA) is 0 Å². The molecule has 0 nitrogen and oxygen atoms in total. The molecule has 0 radical (unpaired) electrons. The molecule has 0 spiro atoms. The molecule has 0 aromatic rings. The predicted molar refractivity (Wildman–Crippen MR) is 41.6 cm³/mol. The summed E-state index contributed by atoms with van der Waals surface area (Å²) < 4.78 is 0. The molecule has 2 saturated carbocycles. The highest BCUT2D eigenvalue weighted by molar-refractivity contribution is 5.11.